The second-order valence-corrected chi connectivity index (χ2v) is 7.06. The molecule has 1 saturated heterocycles. The fourth-order valence-electron chi connectivity index (χ4n) is 3.06. The Morgan fingerprint density at radius 1 is 1.13 bits per heavy atom. The van der Waals surface area contributed by atoms with E-state index in [0.717, 1.165) is 5.56 Å². The van der Waals surface area contributed by atoms with Crippen LogP contribution in [0.2, 0.25) is 0 Å². The minimum atomic E-state index is -0.580. The summed E-state index contributed by atoms with van der Waals surface area (Å²) in [6, 6.07) is 9.61. The summed E-state index contributed by atoms with van der Waals surface area (Å²) < 4.78 is 25.2. The van der Waals surface area contributed by atoms with Crippen LogP contribution in [0.5, 0.6) is 11.5 Å². The molecule has 31 heavy (non-hydrogen) atoms. The Hall–Kier alpha value is -3.52. The van der Waals surface area contributed by atoms with Gasteiger partial charge in [-0.1, -0.05) is 18.2 Å². The molecule has 0 spiro atoms. The zero-order valence-corrected chi connectivity index (χ0v) is 17.7. The van der Waals surface area contributed by atoms with Crippen molar-refractivity contribution >= 4 is 35.2 Å². The SMILES string of the molecule is C=CCc1cc(C=C2C(=O)NC(=S)NC2=O)cc(OCC)c1OCc1cccc(F)c1. The van der Waals surface area contributed by atoms with Gasteiger partial charge < -0.3 is 9.47 Å². The van der Waals surface area contributed by atoms with E-state index in [-0.39, 0.29) is 23.1 Å². The van der Waals surface area contributed by atoms with E-state index in [4.69, 9.17) is 21.7 Å². The second kappa shape index (κ2) is 9.99. The minimum absolute atomic E-state index is 0.0319. The van der Waals surface area contributed by atoms with Gasteiger partial charge in [0.2, 0.25) is 0 Å². The van der Waals surface area contributed by atoms with Crippen LogP contribution in [0.25, 0.3) is 6.08 Å². The number of carbonyl (C=O) groups is 2. The first kappa shape index (κ1) is 22.2. The molecule has 2 aromatic rings. The molecule has 0 aliphatic carbocycles. The third kappa shape index (κ3) is 5.55. The number of carbonyl (C=O) groups excluding carboxylic acids is 2. The summed E-state index contributed by atoms with van der Waals surface area (Å²) >= 11 is 4.82. The predicted molar refractivity (Wildman–Crippen MR) is 119 cm³/mol. The summed E-state index contributed by atoms with van der Waals surface area (Å²) in [5.41, 5.74) is 1.92. The number of ether oxygens (including phenoxy) is 2. The smallest absolute Gasteiger partial charge is 0.263 e. The summed E-state index contributed by atoms with van der Waals surface area (Å²) in [5.74, 6) is -0.570. The molecule has 2 aromatic carbocycles. The topological polar surface area (TPSA) is 76.7 Å². The highest BCUT2D eigenvalue weighted by molar-refractivity contribution is 7.80. The van der Waals surface area contributed by atoms with E-state index in [2.05, 4.69) is 17.2 Å². The van der Waals surface area contributed by atoms with Crippen LogP contribution in [0.15, 0.2) is 54.6 Å². The van der Waals surface area contributed by atoms with Crippen LogP contribution in [0, 0.1) is 5.82 Å². The van der Waals surface area contributed by atoms with Crippen LogP contribution in [0.4, 0.5) is 4.39 Å². The number of thiocarbonyl (C=S) groups is 1. The monoisotopic (exact) mass is 440 g/mol. The molecule has 2 amide bonds. The summed E-state index contributed by atoms with van der Waals surface area (Å²) in [4.78, 5) is 24.3. The van der Waals surface area contributed by atoms with Gasteiger partial charge in [-0.3, -0.25) is 20.2 Å². The standard InChI is InChI=1S/C23H21FN2O4S/c1-3-6-16-9-15(11-18-21(27)25-23(31)26-22(18)28)12-19(29-4-2)20(16)30-13-14-7-5-8-17(24)10-14/h3,5,7-12H,1,4,6,13H2,2H3,(H2,25,26,27,28,31). The molecule has 0 unspecified atom stereocenters. The molecule has 0 saturated carbocycles. The number of hydrogen-bond acceptors (Lipinski definition) is 5. The van der Waals surface area contributed by atoms with E-state index in [1.807, 2.05) is 6.92 Å². The zero-order chi connectivity index (χ0) is 22.4. The maximum Gasteiger partial charge on any atom is 0.263 e. The van der Waals surface area contributed by atoms with Crippen LogP contribution in [0.1, 0.15) is 23.6 Å². The fraction of sp³-hybridized carbons (Fsp3) is 0.174. The van der Waals surface area contributed by atoms with Gasteiger partial charge in [0, 0.05) is 5.56 Å². The molecule has 3 rings (SSSR count). The van der Waals surface area contributed by atoms with Gasteiger partial charge in [-0.25, -0.2) is 4.39 Å². The predicted octanol–water partition coefficient (Wildman–Crippen LogP) is 3.45. The molecule has 1 fully saturated rings. The van der Waals surface area contributed by atoms with Crippen molar-refractivity contribution in [3.05, 3.63) is 77.1 Å². The number of hydrogen-bond donors (Lipinski definition) is 2. The Morgan fingerprint density at radius 2 is 1.87 bits per heavy atom. The first-order valence-electron chi connectivity index (χ1n) is 9.57. The van der Waals surface area contributed by atoms with Crippen molar-refractivity contribution in [3.63, 3.8) is 0 Å². The Balaban J connectivity index is 1.98. The van der Waals surface area contributed by atoms with Crippen LogP contribution in [-0.2, 0) is 22.6 Å². The lowest BCUT2D eigenvalue weighted by Crippen LogP contribution is -2.51. The molecule has 0 aromatic heterocycles. The van der Waals surface area contributed by atoms with Gasteiger partial charge in [0.05, 0.1) is 6.61 Å². The summed E-state index contributed by atoms with van der Waals surface area (Å²) in [7, 11) is 0. The molecule has 0 atom stereocenters. The second-order valence-electron chi connectivity index (χ2n) is 6.65. The maximum absolute atomic E-state index is 13.5. The number of amides is 2. The van der Waals surface area contributed by atoms with Crippen LogP contribution >= 0.6 is 12.2 Å². The van der Waals surface area contributed by atoms with E-state index in [0.29, 0.717) is 35.7 Å². The maximum atomic E-state index is 13.5. The fourth-order valence-corrected chi connectivity index (χ4v) is 3.24. The highest BCUT2D eigenvalue weighted by Gasteiger charge is 2.26. The molecule has 1 heterocycles. The highest BCUT2D eigenvalue weighted by Crippen LogP contribution is 2.35. The Bertz CT molecular complexity index is 1060. The van der Waals surface area contributed by atoms with Crippen molar-refractivity contribution in [1.82, 2.24) is 10.6 Å². The summed E-state index contributed by atoms with van der Waals surface area (Å²) in [5, 5.41) is 4.78. The average molecular weight is 440 g/mol. The third-order valence-corrected chi connectivity index (χ3v) is 4.55. The van der Waals surface area contributed by atoms with Gasteiger partial charge in [-0.15, -0.1) is 6.58 Å². The van der Waals surface area contributed by atoms with Crippen molar-refractivity contribution in [3.8, 4) is 11.5 Å². The lowest BCUT2D eigenvalue weighted by Gasteiger charge is -2.18. The molecule has 1 aliphatic rings. The lowest BCUT2D eigenvalue weighted by molar-refractivity contribution is -0.123. The van der Waals surface area contributed by atoms with Gasteiger partial charge in [-0.05, 0) is 67.0 Å². The summed E-state index contributed by atoms with van der Waals surface area (Å²) in [6.07, 6.45) is 3.62. The van der Waals surface area contributed by atoms with E-state index in [1.165, 1.54) is 18.2 Å². The third-order valence-electron chi connectivity index (χ3n) is 4.34. The molecule has 1 aliphatic heterocycles. The zero-order valence-electron chi connectivity index (χ0n) is 16.9. The lowest BCUT2D eigenvalue weighted by atomic mass is 10.0. The van der Waals surface area contributed by atoms with E-state index in [1.54, 1.807) is 30.3 Å². The van der Waals surface area contributed by atoms with Crippen molar-refractivity contribution in [2.45, 2.75) is 20.0 Å². The Morgan fingerprint density at radius 3 is 2.52 bits per heavy atom. The van der Waals surface area contributed by atoms with Gasteiger partial charge in [0.25, 0.3) is 11.8 Å². The van der Waals surface area contributed by atoms with Gasteiger partial charge in [0.1, 0.15) is 18.0 Å². The number of benzene rings is 2. The molecule has 8 heteroatoms. The van der Waals surface area contributed by atoms with Crippen LogP contribution in [-0.4, -0.2) is 23.5 Å². The average Bonchev–Trinajstić information content (AvgIpc) is 2.70. The number of rotatable bonds is 8. The largest absolute Gasteiger partial charge is 0.490 e. The van der Waals surface area contributed by atoms with Gasteiger partial charge >= 0.3 is 0 Å². The quantitative estimate of drug-likeness (QED) is 0.285. The minimum Gasteiger partial charge on any atom is -0.490 e. The van der Waals surface area contributed by atoms with E-state index in [9.17, 15) is 14.0 Å². The van der Waals surface area contributed by atoms with Gasteiger partial charge in [0.15, 0.2) is 16.6 Å². The first-order chi connectivity index (χ1) is 14.9. The molecule has 0 radical (unpaired) electrons. The van der Waals surface area contributed by atoms with Crippen LogP contribution < -0.4 is 20.1 Å². The molecular weight excluding hydrogens is 419 g/mol. The molecule has 6 nitrogen and oxygen atoms in total. The van der Waals surface area contributed by atoms with Crippen molar-refractivity contribution < 1.29 is 23.5 Å². The van der Waals surface area contributed by atoms with Crippen molar-refractivity contribution in [1.29, 1.82) is 0 Å². The highest BCUT2D eigenvalue weighted by atomic mass is 32.1. The van der Waals surface area contributed by atoms with Gasteiger partial charge in [-0.2, -0.15) is 0 Å². The number of halogens is 1. The van der Waals surface area contributed by atoms with E-state index < -0.39 is 11.8 Å². The van der Waals surface area contributed by atoms with E-state index >= 15 is 0 Å². The molecular formula is C23H21FN2O4S. The molecule has 160 valence electrons. The first-order valence-corrected chi connectivity index (χ1v) is 9.98. The van der Waals surface area contributed by atoms with Crippen LogP contribution in [0.3, 0.4) is 0 Å². The normalized spacial score (nSPS) is 13.4. The van der Waals surface area contributed by atoms with Crippen molar-refractivity contribution in [2.24, 2.45) is 0 Å². The molecule has 0 bridgehead atoms. The molecule has 2 N–H and O–H groups in total. The summed E-state index contributed by atoms with van der Waals surface area (Å²) in [6.45, 7) is 6.13. The van der Waals surface area contributed by atoms with Crippen molar-refractivity contribution in [2.75, 3.05) is 6.61 Å². The Labute approximate surface area is 184 Å². The number of nitrogens with one attached hydrogen (secondary N) is 2. The Kier molecular flexibility index (Phi) is 7.15. The number of allylic oxidation sites excluding steroid dienone is 1.